The van der Waals surface area contributed by atoms with Crippen molar-refractivity contribution in [1.82, 2.24) is 0 Å². The minimum atomic E-state index is -4.29. The highest BCUT2D eigenvalue weighted by Crippen LogP contribution is 2.35. The first-order valence-electron chi connectivity index (χ1n) is 2.98. The first-order valence-corrected chi connectivity index (χ1v) is 4.57. The van der Waals surface area contributed by atoms with Crippen LogP contribution in [0.1, 0.15) is 6.42 Å². The molecule has 1 rings (SSSR count). The molecule has 0 unspecified atom stereocenters. The molecular weight excluding hydrogens is 301 g/mol. The number of hydrogen-bond acceptors (Lipinski definition) is 0. The zero-order chi connectivity index (χ0) is 9.35. The van der Waals surface area contributed by atoms with Crippen molar-refractivity contribution in [2.75, 3.05) is 0 Å². The molecule has 0 amide bonds. The Bertz CT molecular complexity index is 292. The van der Waals surface area contributed by atoms with E-state index in [0.717, 1.165) is 0 Å². The zero-order valence-corrected chi connectivity index (χ0v) is 8.85. The van der Waals surface area contributed by atoms with Gasteiger partial charge in [-0.2, -0.15) is 13.2 Å². The molecule has 66 valence electrons. The van der Waals surface area contributed by atoms with Crippen molar-refractivity contribution in [1.29, 1.82) is 0 Å². The number of hydrogen-bond donors (Lipinski definition) is 0. The molecule has 1 aliphatic carbocycles. The topological polar surface area (TPSA) is 0 Å². The maximum atomic E-state index is 12.1. The van der Waals surface area contributed by atoms with Crippen LogP contribution in [0.5, 0.6) is 0 Å². The van der Waals surface area contributed by atoms with Gasteiger partial charge in [0.15, 0.2) is 0 Å². The lowest BCUT2D eigenvalue weighted by Crippen LogP contribution is -2.12. The van der Waals surface area contributed by atoms with Crippen LogP contribution in [0, 0.1) is 0 Å². The average molecular weight is 304 g/mol. The highest BCUT2D eigenvalue weighted by molar-refractivity contribution is 9.12. The molecule has 0 spiro atoms. The van der Waals surface area contributed by atoms with Crippen LogP contribution in [0.4, 0.5) is 13.2 Å². The van der Waals surface area contributed by atoms with Crippen LogP contribution in [-0.2, 0) is 0 Å². The molecule has 0 aromatic heterocycles. The van der Waals surface area contributed by atoms with E-state index in [1.54, 1.807) is 6.08 Å². The smallest absolute Gasteiger partial charge is 0.166 e. The fourth-order valence-electron chi connectivity index (χ4n) is 0.753. The molecule has 0 aliphatic heterocycles. The van der Waals surface area contributed by atoms with E-state index in [9.17, 15) is 13.2 Å². The van der Waals surface area contributed by atoms with Crippen molar-refractivity contribution in [3.8, 4) is 0 Å². The molecule has 0 aromatic rings. The predicted molar refractivity (Wildman–Crippen MR) is 47.1 cm³/mol. The predicted octanol–water partition coefficient (Wildman–Crippen LogP) is 4.04. The lowest BCUT2D eigenvalue weighted by molar-refractivity contribution is -0.0928. The molecule has 0 saturated carbocycles. The van der Waals surface area contributed by atoms with Gasteiger partial charge in [-0.1, -0.05) is 21.7 Å². The Morgan fingerprint density at radius 2 is 1.92 bits per heavy atom. The van der Waals surface area contributed by atoms with Crippen molar-refractivity contribution in [2.45, 2.75) is 12.6 Å². The Morgan fingerprint density at radius 3 is 2.33 bits per heavy atom. The Kier molecular flexibility index (Phi) is 2.86. The second kappa shape index (κ2) is 3.40. The van der Waals surface area contributed by atoms with Crippen LogP contribution in [-0.4, -0.2) is 6.18 Å². The molecule has 0 atom stereocenters. The van der Waals surface area contributed by atoms with Crippen molar-refractivity contribution >= 4 is 31.9 Å². The van der Waals surface area contributed by atoms with Gasteiger partial charge in [0.25, 0.3) is 0 Å². The monoisotopic (exact) mass is 302 g/mol. The molecule has 0 N–H and O–H groups in total. The third kappa shape index (κ3) is 2.51. The molecule has 0 radical (unpaired) electrons. The molecule has 0 heterocycles. The van der Waals surface area contributed by atoms with Crippen molar-refractivity contribution in [3.63, 3.8) is 0 Å². The lowest BCUT2D eigenvalue weighted by Gasteiger charge is -2.11. The second-order valence-corrected chi connectivity index (χ2v) is 4.09. The quantitative estimate of drug-likeness (QED) is 0.593. The van der Waals surface area contributed by atoms with Crippen LogP contribution in [0.15, 0.2) is 26.3 Å². The SMILES string of the molecule is FC(F)(F)C1=C=C(Br)C=C(Br)C1. The standard InChI is InChI=1S/C7H3Br2F3/c8-5-1-4(7(10,11)12)2-6(9)3-5/h3H,1H2. The van der Waals surface area contributed by atoms with Crippen molar-refractivity contribution in [2.24, 2.45) is 0 Å². The third-order valence-corrected chi connectivity index (χ3v) is 2.18. The largest absolute Gasteiger partial charge is 0.420 e. The summed E-state index contributed by atoms with van der Waals surface area (Å²) in [7, 11) is 0. The number of alkyl halides is 3. The van der Waals surface area contributed by atoms with Crippen LogP contribution in [0.3, 0.4) is 0 Å². The Morgan fingerprint density at radius 1 is 1.33 bits per heavy atom. The molecule has 0 aromatic carbocycles. The summed E-state index contributed by atoms with van der Waals surface area (Å²) >= 11 is 5.95. The number of rotatable bonds is 0. The van der Waals surface area contributed by atoms with E-state index in [4.69, 9.17) is 0 Å². The zero-order valence-electron chi connectivity index (χ0n) is 5.67. The summed E-state index contributed by atoms with van der Waals surface area (Å²) in [5.74, 6) is 0. The van der Waals surface area contributed by atoms with Gasteiger partial charge in [-0.3, -0.25) is 0 Å². The van der Waals surface area contributed by atoms with E-state index in [-0.39, 0.29) is 6.42 Å². The first kappa shape index (κ1) is 10.1. The maximum Gasteiger partial charge on any atom is 0.420 e. The normalized spacial score (nSPS) is 18.2. The Labute approximate surface area is 84.1 Å². The Balaban J connectivity index is 3.06. The highest BCUT2D eigenvalue weighted by atomic mass is 79.9. The summed E-state index contributed by atoms with van der Waals surface area (Å²) in [4.78, 5) is 0. The molecule has 5 heteroatoms. The van der Waals surface area contributed by atoms with Crippen molar-refractivity contribution < 1.29 is 13.2 Å². The van der Waals surface area contributed by atoms with E-state index in [1.165, 1.54) is 0 Å². The van der Waals surface area contributed by atoms with Gasteiger partial charge in [-0.25, -0.2) is 0 Å². The maximum absolute atomic E-state index is 12.1. The van der Waals surface area contributed by atoms with Crippen molar-refractivity contribution in [3.05, 3.63) is 26.3 Å². The highest BCUT2D eigenvalue weighted by Gasteiger charge is 2.34. The van der Waals surface area contributed by atoms with Crippen LogP contribution in [0.2, 0.25) is 0 Å². The molecule has 12 heavy (non-hydrogen) atoms. The molecule has 0 nitrogen and oxygen atoms in total. The van der Waals surface area contributed by atoms with Crippen LogP contribution >= 0.6 is 31.9 Å². The van der Waals surface area contributed by atoms with Gasteiger partial charge in [-0.05, 0) is 22.0 Å². The summed E-state index contributed by atoms with van der Waals surface area (Å²) in [5.41, 5.74) is 1.54. The van der Waals surface area contributed by atoms with Gasteiger partial charge >= 0.3 is 6.18 Å². The fraction of sp³-hybridized carbons (Fsp3) is 0.286. The fourth-order valence-corrected chi connectivity index (χ4v) is 2.09. The minimum absolute atomic E-state index is 0.140. The van der Waals surface area contributed by atoms with Gasteiger partial charge in [0.05, 0.1) is 10.1 Å². The molecular formula is C7H3Br2F3. The summed E-state index contributed by atoms with van der Waals surface area (Å²) in [6, 6.07) is 0. The van der Waals surface area contributed by atoms with Gasteiger partial charge in [0.2, 0.25) is 0 Å². The van der Waals surface area contributed by atoms with E-state index in [0.29, 0.717) is 8.96 Å². The van der Waals surface area contributed by atoms with Crippen LogP contribution < -0.4 is 0 Å². The summed E-state index contributed by atoms with van der Waals surface area (Å²) in [5, 5.41) is 0. The summed E-state index contributed by atoms with van der Waals surface area (Å²) in [6.45, 7) is 0. The summed E-state index contributed by atoms with van der Waals surface area (Å²) in [6.07, 6.45) is -2.87. The Hall–Kier alpha value is 0.01000. The molecule has 0 bridgehead atoms. The van der Waals surface area contributed by atoms with E-state index in [1.807, 2.05) is 0 Å². The second-order valence-electron chi connectivity index (χ2n) is 2.22. The van der Waals surface area contributed by atoms with E-state index < -0.39 is 11.7 Å². The van der Waals surface area contributed by atoms with Gasteiger partial charge < -0.3 is 0 Å². The van der Waals surface area contributed by atoms with Gasteiger partial charge in [0.1, 0.15) is 0 Å². The average Bonchev–Trinajstić information content (AvgIpc) is 1.82. The first-order chi connectivity index (χ1) is 5.39. The summed E-state index contributed by atoms with van der Waals surface area (Å²) < 4.78 is 37.1. The minimum Gasteiger partial charge on any atom is -0.166 e. The lowest BCUT2D eigenvalue weighted by atomic mass is 10.1. The van der Waals surface area contributed by atoms with E-state index >= 15 is 0 Å². The number of halogens is 5. The van der Waals surface area contributed by atoms with Gasteiger partial charge in [-0.15, -0.1) is 0 Å². The van der Waals surface area contributed by atoms with Crippen LogP contribution in [0.25, 0.3) is 0 Å². The molecule has 1 aliphatic rings. The third-order valence-electron chi connectivity index (χ3n) is 1.24. The molecule has 0 saturated heterocycles. The molecule has 0 fully saturated rings. The van der Waals surface area contributed by atoms with E-state index in [2.05, 4.69) is 37.6 Å². The van der Waals surface area contributed by atoms with Gasteiger partial charge in [0, 0.05) is 10.9 Å². The number of allylic oxidation sites excluding steroid dienone is 3.